The molecule has 0 radical (unpaired) electrons. The molecular formula is C14H26N4O2. The summed E-state index contributed by atoms with van der Waals surface area (Å²) in [6.45, 7) is 5.23. The Labute approximate surface area is 120 Å². The molecule has 0 saturated carbocycles. The highest BCUT2D eigenvalue weighted by atomic mass is 16.2. The molecule has 3 unspecified atom stereocenters. The molecule has 3 amide bonds. The normalized spacial score (nSPS) is 30.9. The SMILES string of the molecule is CC1CC(C(=O)N2CCCC(CNC(N)=O)C2)CCN1. The van der Waals surface area contributed by atoms with E-state index in [1.807, 2.05) is 4.90 Å². The van der Waals surface area contributed by atoms with Gasteiger partial charge in [-0.15, -0.1) is 0 Å². The number of amides is 3. The van der Waals surface area contributed by atoms with Crippen LogP contribution in [0.2, 0.25) is 0 Å². The number of rotatable bonds is 3. The molecule has 20 heavy (non-hydrogen) atoms. The Morgan fingerprint density at radius 1 is 1.40 bits per heavy atom. The summed E-state index contributed by atoms with van der Waals surface area (Å²) in [5, 5.41) is 6.03. The van der Waals surface area contributed by atoms with Gasteiger partial charge in [0.15, 0.2) is 0 Å². The lowest BCUT2D eigenvalue weighted by molar-refractivity contribution is -0.138. The van der Waals surface area contributed by atoms with Crippen LogP contribution >= 0.6 is 0 Å². The number of likely N-dealkylation sites (tertiary alicyclic amines) is 1. The van der Waals surface area contributed by atoms with Gasteiger partial charge in [-0.1, -0.05) is 0 Å². The van der Waals surface area contributed by atoms with E-state index < -0.39 is 6.03 Å². The van der Waals surface area contributed by atoms with Crippen LogP contribution in [0.5, 0.6) is 0 Å². The van der Waals surface area contributed by atoms with Gasteiger partial charge in [-0.25, -0.2) is 4.79 Å². The van der Waals surface area contributed by atoms with Crippen LogP contribution in [0.25, 0.3) is 0 Å². The van der Waals surface area contributed by atoms with Crippen LogP contribution in [0.1, 0.15) is 32.6 Å². The number of nitrogens with zero attached hydrogens (tertiary/aromatic N) is 1. The van der Waals surface area contributed by atoms with Gasteiger partial charge in [0, 0.05) is 31.6 Å². The predicted molar refractivity (Wildman–Crippen MR) is 77.1 cm³/mol. The predicted octanol–water partition coefficient (Wildman–Crippen LogP) is 0.281. The lowest BCUT2D eigenvalue weighted by atomic mass is 9.90. The van der Waals surface area contributed by atoms with Gasteiger partial charge < -0.3 is 21.3 Å². The van der Waals surface area contributed by atoms with Crippen molar-refractivity contribution in [1.29, 1.82) is 0 Å². The second kappa shape index (κ2) is 6.92. The van der Waals surface area contributed by atoms with Crippen molar-refractivity contribution < 1.29 is 9.59 Å². The molecule has 2 saturated heterocycles. The average molecular weight is 282 g/mol. The van der Waals surface area contributed by atoms with Crippen molar-refractivity contribution in [2.75, 3.05) is 26.2 Å². The number of hydrogen-bond acceptors (Lipinski definition) is 3. The van der Waals surface area contributed by atoms with E-state index in [0.29, 0.717) is 24.4 Å². The number of carbonyl (C=O) groups excluding carboxylic acids is 2. The Morgan fingerprint density at radius 3 is 2.90 bits per heavy atom. The fourth-order valence-corrected chi connectivity index (χ4v) is 3.29. The average Bonchev–Trinajstić information content (AvgIpc) is 2.44. The zero-order chi connectivity index (χ0) is 14.5. The van der Waals surface area contributed by atoms with E-state index in [1.165, 1.54) is 0 Å². The summed E-state index contributed by atoms with van der Waals surface area (Å²) >= 11 is 0. The van der Waals surface area contributed by atoms with Crippen molar-refractivity contribution in [2.45, 2.75) is 38.6 Å². The van der Waals surface area contributed by atoms with Gasteiger partial charge in [0.05, 0.1) is 0 Å². The molecule has 0 aromatic heterocycles. The number of primary amides is 1. The van der Waals surface area contributed by atoms with Crippen molar-refractivity contribution >= 4 is 11.9 Å². The molecule has 4 N–H and O–H groups in total. The lowest BCUT2D eigenvalue weighted by Gasteiger charge is -2.37. The fourth-order valence-electron chi connectivity index (χ4n) is 3.29. The number of piperidine rings is 2. The van der Waals surface area contributed by atoms with E-state index in [9.17, 15) is 9.59 Å². The molecule has 0 aromatic carbocycles. The van der Waals surface area contributed by atoms with Crippen molar-refractivity contribution in [1.82, 2.24) is 15.5 Å². The molecule has 0 bridgehead atoms. The summed E-state index contributed by atoms with van der Waals surface area (Å²) in [5.74, 6) is 0.788. The Morgan fingerprint density at radius 2 is 2.20 bits per heavy atom. The third kappa shape index (κ3) is 4.10. The maximum absolute atomic E-state index is 12.6. The second-order valence-corrected chi connectivity index (χ2v) is 6.11. The first kappa shape index (κ1) is 15.1. The van der Waals surface area contributed by atoms with Gasteiger partial charge in [-0.2, -0.15) is 0 Å². The molecule has 2 aliphatic heterocycles. The van der Waals surface area contributed by atoms with E-state index in [2.05, 4.69) is 17.6 Å². The summed E-state index contributed by atoms with van der Waals surface area (Å²) in [4.78, 5) is 25.3. The van der Waals surface area contributed by atoms with Crippen LogP contribution in [0.15, 0.2) is 0 Å². The Hall–Kier alpha value is -1.30. The van der Waals surface area contributed by atoms with Crippen molar-refractivity contribution in [3.63, 3.8) is 0 Å². The van der Waals surface area contributed by atoms with Gasteiger partial charge >= 0.3 is 6.03 Å². The van der Waals surface area contributed by atoms with E-state index in [0.717, 1.165) is 45.3 Å². The highest BCUT2D eigenvalue weighted by Gasteiger charge is 2.31. The van der Waals surface area contributed by atoms with Crippen molar-refractivity contribution in [2.24, 2.45) is 17.6 Å². The molecule has 6 heteroatoms. The number of hydrogen-bond donors (Lipinski definition) is 3. The van der Waals surface area contributed by atoms with Gasteiger partial charge in [-0.05, 0) is 45.1 Å². The smallest absolute Gasteiger partial charge is 0.312 e. The minimum atomic E-state index is -0.486. The molecule has 0 aromatic rings. The Kier molecular flexibility index (Phi) is 5.23. The van der Waals surface area contributed by atoms with Crippen molar-refractivity contribution in [3.05, 3.63) is 0 Å². The molecule has 114 valence electrons. The van der Waals surface area contributed by atoms with E-state index in [4.69, 9.17) is 5.73 Å². The molecule has 6 nitrogen and oxygen atoms in total. The highest BCUT2D eigenvalue weighted by molar-refractivity contribution is 5.79. The minimum absolute atomic E-state index is 0.161. The number of urea groups is 1. The quantitative estimate of drug-likeness (QED) is 0.695. The summed E-state index contributed by atoms with van der Waals surface area (Å²) in [6.07, 6.45) is 3.92. The van der Waals surface area contributed by atoms with E-state index in [1.54, 1.807) is 0 Å². The molecule has 2 heterocycles. The van der Waals surface area contributed by atoms with E-state index in [-0.39, 0.29) is 5.92 Å². The minimum Gasteiger partial charge on any atom is -0.352 e. The number of carbonyl (C=O) groups is 2. The Bertz CT molecular complexity index is 361. The van der Waals surface area contributed by atoms with Crippen LogP contribution in [0, 0.1) is 11.8 Å². The van der Waals surface area contributed by atoms with E-state index >= 15 is 0 Å². The fraction of sp³-hybridized carbons (Fsp3) is 0.857. The lowest BCUT2D eigenvalue weighted by Crippen LogP contribution is -2.49. The molecule has 0 spiro atoms. The maximum atomic E-state index is 12.6. The first-order chi connectivity index (χ1) is 9.56. The zero-order valence-corrected chi connectivity index (χ0v) is 12.2. The molecule has 0 aliphatic carbocycles. The van der Waals surface area contributed by atoms with Crippen LogP contribution in [-0.2, 0) is 4.79 Å². The third-order valence-electron chi connectivity index (χ3n) is 4.37. The monoisotopic (exact) mass is 282 g/mol. The van der Waals surface area contributed by atoms with Crippen molar-refractivity contribution in [3.8, 4) is 0 Å². The standard InChI is InChI=1S/C14H26N4O2/c1-10-7-12(4-5-16-10)13(19)18-6-2-3-11(9-18)8-17-14(15)20/h10-12,16H,2-9H2,1H3,(H3,15,17,20). The second-order valence-electron chi connectivity index (χ2n) is 6.11. The van der Waals surface area contributed by atoms with Gasteiger partial charge in [-0.3, -0.25) is 4.79 Å². The molecule has 2 fully saturated rings. The first-order valence-electron chi connectivity index (χ1n) is 7.61. The molecular weight excluding hydrogens is 256 g/mol. The number of nitrogens with one attached hydrogen (secondary N) is 2. The summed E-state index contributed by atoms with van der Waals surface area (Å²) < 4.78 is 0. The third-order valence-corrected chi connectivity index (χ3v) is 4.37. The molecule has 3 atom stereocenters. The first-order valence-corrected chi connectivity index (χ1v) is 7.61. The number of nitrogens with two attached hydrogens (primary N) is 1. The summed E-state index contributed by atoms with van der Waals surface area (Å²) in [7, 11) is 0. The molecule has 2 aliphatic rings. The van der Waals surface area contributed by atoms with Crippen LogP contribution in [0.3, 0.4) is 0 Å². The molecule has 2 rings (SSSR count). The van der Waals surface area contributed by atoms with Crippen LogP contribution in [-0.4, -0.2) is 49.1 Å². The summed E-state index contributed by atoms with van der Waals surface area (Å²) in [6, 6.07) is -0.0598. The van der Waals surface area contributed by atoms with Crippen LogP contribution < -0.4 is 16.4 Å². The summed E-state index contributed by atoms with van der Waals surface area (Å²) in [5.41, 5.74) is 5.10. The topological polar surface area (TPSA) is 87.5 Å². The highest BCUT2D eigenvalue weighted by Crippen LogP contribution is 2.23. The van der Waals surface area contributed by atoms with Gasteiger partial charge in [0.1, 0.15) is 0 Å². The van der Waals surface area contributed by atoms with Gasteiger partial charge in [0.25, 0.3) is 0 Å². The van der Waals surface area contributed by atoms with Crippen LogP contribution in [0.4, 0.5) is 4.79 Å². The van der Waals surface area contributed by atoms with Gasteiger partial charge in [0.2, 0.25) is 5.91 Å². The maximum Gasteiger partial charge on any atom is 0.312 e. The largest absolute Gasteiger partial charge is 0.352 e. The zero-order valence-electron chi connectivity index (χ0n) is 12.2. The Balaban J connectivity index is 1.84.